The van der Waals surface area contributed by atoms with Crippen LogP contribution in [0.5, 0.6) is 0 Å². The van der Waals surface area contributed by atoms with Crippen LogP contribution in [0.4, 0.5) is 0 Å². The summed E-state index contributed by atoms with van der Waals surface area (Å²) in [6, 6.07) is 7.23. The van der Waals surface area contributed by atoms with Crippen molar-refractivity contribution < 1.29 is 28.9 Å². The van der Waals surface area contributed by atoms with Gasteiger partial charge in [-0.2, -0.15) is 0 Å². The zero-order chi connectivity index (χ0) is 23.3. The van der Waals surface area contributed by atoms with Crippen LogP contribution in [0.15, 0.2) is 24.3 Å². The Morgan fingerprint density at radius 2 is 1.84 bits per heavy atom. The Morgan fingerprint density at radius 1 is 1.19 bits per heavy atom. The minimum atomic E-state index is -0.537. The summed E-state index contributed by atoms with van der Waals surface area (Å²) in [5.74, 6) is -0.185. The number of hydrogen-bond donors (Lipinski definition) is 1. The summed E-state index contributed by atoms with van der Waals surface area (Å²) in [7, 11) is 3.04. The number of morpholine rings is 1. The van der Waals surface area contributed by atoms with Gasteiger partial charge in [-0.1, -0.05) is 26.0 Å². The maximum absolute atomic E-state index is 13.0. The van der Waals surface area contributed by atoms with Crippen molar-refractivity contribution in [2.24, 2.45) is 5.92 Å². The van der Waals surface area contributed by atoms with E-state index in [0.717, 1.165) is 5.56 Å². The number of aliphatic hydroxyl groups is 1. The lowest BCUT2D eigenvalue weighted by molar-refractivity contribution is -0.191. The lowest BCUT2D eigenvalue weighted by Crippen LogP contribution is -2.60. The number of carbonyl (C=O) groups is 2. The second kappa shape index (κ2) is 10.7. The third-order valence-electron chi connectivity index (χ3n) is 6.42. The molecule has 2 fully saturated rings. The van der Waals surface area contributed by atoms with Crippen molar-refractivity contribution in [1.29, 1.82) is 0 Å². The molecular weight excluding hydrogens is 412 g/mol. The van der Waals surface area contributed by atoms with E-state index in [-0.39, 0.29) is 30.3 Å². The third kappa shape index (κ3) is 5.86. The number of likely N-dealkylation sites (tertiary alicyclic amines) is 1. The number of esters is 1. The highest BCUT2D eigenvalue weighted by atomic mass is 16.5. The van der Waals surface area contributed by atoms with Crippen molar-refractivity contribution in [1.82, 2.24) is 9.80 Å². The minimum absolute atomic E-state index is 0.0129. The summed E-state index contributed by atoms with van der Waals surface area (Å²) in [4.78, 5) is 28.8. The zero-order valence-electron chi connectivity index (χ0n) is 19.6. The molecule has 0 radical (unpaired) electrons. The first-order chi connectivity index (χ1) is 15.3. The van der Waals surface area contributed by atoms with Gasteiger partial charge in [-0.05, 0) is 36.5 Å². The van der Waals surface area contributed by atoms with Crippen molar-refractivity contribution in [3.8, 4) is 0 Å². The molecule has 0 bridgehead atoms. The van der Waals surface area contributed by atoms with Crippen LogP contribution in [-0.2, 0) is 19.0 Å². The van der Waals surface area contributed by atoms with Crippen LogP contribution in [0.1, 0.15) is 55.1 Å². The number of nitrogens with zero attached hydrogens (tertiary/aromatic N) is 2. The fraction of sp³-hybridized carbons (Fsp3) is 0.667. The Kier molecular flexibility index (Phi) is 8.27. The van der Waals surface area contributed by atoms with Gasteiger partial charge in [0.05, 0.1) is 38.1 Å². The number of piperidine rings is 1. The number of hydrogen-bond acceptors (Lipinski definition) is 7. The standard InChI is InChI=1S/C24H36N2O6/c1-17(2)22(28)18-5-7-19(8-6-18)23(29)26-11-9-24(10-12-26)15-25(16-30-3)14-20(32-24)13-21(27)31-4/h5-8,17,20,22,28H,9-16H2,1-4H3. The fourth-order valence-electron chi connectivity index (χ4n) is 4.63. The Balaban J connectivity index is 1.63. The lowest BCUT2D eigenvalue weighted by atomic mass is 9.88. The van der Waals surface area contributed by atoms with Crippen molar-refractivity contribution in [2.45, 2.75) is 50.9 Å². The molecule has 2 unspecified atom stereocenters. The normalized spacial score (nSPS) is 22.2. The maximum atomic E-state index is 13.0. The van der Waals surface area contributed by atoms with E-state index in [1.54, 1.807) is 19.2 Å². The van der Waals surface area contributed by atoms with E-state index in [9.17, 15) is 14.7 Å². The molecule has 32 heavy (non-hydrogen) atoms. The number of ether oxygens (including phenoxy) is 3. The van der Waals surface area contributed by atoms with Gasteiger partial charge >= 0.3 is 5.97 Å². The quantitative estimate of drug-likeness (QED) is 0.640. The Morgan fingerprint density at radius 3 is 2.41 bits per heavy atom. The highest BCUT2D eigenvalue weighted by Gasteiger charge is 2.44. The monoisotopic (exact) mass is 448 g/mol. The van der Waals surface area contributed by atoms with Gasteiger partial charge < -0.3 is 24.2 Å². The van der Waals surface area contributed by atoms with Gasteiger partial charge in [0.25, 0.3) is 5.91 Å². The molecule has 1 aromatic carbocycles. The van der Waals surface area contributed by atoms with Gasteiger partial charge in [0.2, 0.25) is 0 Å². The maximum Gasteiger partial charge on any atom is 0.308 e. The predicted molar refractivity (Wildman–Crippen MR) is 119 cm³/mol. The number of aliphatic hydroxyl groups excluding tert-OH is 1. The molecule has 2 heterocycles. The molecule has 0 aromatic heterocycles. The van der Waals surface area contributed by atoms with Crippen LogP contribution >= 0.6 is 0 Å². The summed E-state index contributed by atoms with van der Waals surface area (Å²) in [6.45, 7) is 6.89. The Hall–Kier alpha value is -2.00. The molecular formula is C24H36N2O6. The summed E-state index contributed by atoms with van der Waals surface area (Å²) >= 11 is 0. The topological polar surface area (TPSA) is 88.5 Å². The first-order valence-corrected chi connectivity index (χ1v) is 11.3. The SMILES string of the molecule is COCN1CC(CC(=O)OC)OC2(CCN(C(=O)c3ccc(C(O)C(C)C)cc3)CC2)C1. The molecule has 1 N–H and O–H groups in total. The van der Waals surface area contributed by atoms with Gasteiger partial charge in [0.15, 0.2) is 0 Å². The van der Waals surface area contributed by atoms with E-state index in [0.29, 0.717) is 51.3 Å². The van der Waals surface area contributed by atoms with Gasteiger partial charge in [-0.25, -0.2) is 0 Å². The lowest BCUT2D eigenvalue weighted by Gasteiger charge is -2.49. The molecule has 8 heteroatoms. The van der Waals surface area contributed by atoms with E-state index >= 15 is 0 Å². The number of rotatable bonds is 7. The molecule has 3 rings (SSSR count). The molecule has 1 spiro atoms. The molecule has 2 atom stereocenters. The number of amides is 1. The van der Waals surface area contributed by atoms with E-state index in [1.165, 1.54) is 7.11 Å². The van der Waals surface area contributed by atoms with Crippen molar-refractivity contribution in [2.75, 3.05) is 47.1 Å². The average molecular weight is 449 g/mol. The summed E-state index contributed by atoms with van der Waals surface area (Å²) in [5.41, 5.74) is 1.03. The number of benzene rings is 1. The van der Waals surface area contributed by atoms with Crippen LogP contribution in [0, 0.1) is 5.92 Å². The Bertz CT molecular complexity index is 773. The largest absolute Gasteiger partial charge is 0.469 e. The molecule has 0 aliphatic carbocycles. The van der Waals surface area contributed by atoms with E-state index in [4.69, 9.17) is 14.2 Å². The highest BCUT2D eigenvalue weighted by Crippen LogP contribution is 2.34. The van der Waals surface area contributed by atoms with E-state index in [1.807, 2.05) is 30.9 Å². The molecule has 2 saturated heterocycles. The molecule has 2 aliphatic heterocycles. The van der Waals surface area contributed by atoms with Gasteiger partial charge in [0, 0.05) is 38.9 Å². The molecule has 2 aliphatic rings. The number of methoxy groups -OCH3 is 2. The van der Waals surface area contributed by atoms with Gasteiger partial charge in [-0.15, -0.1) is 0 Å². The van der Waals surface area contributed by atoms with E-state index < -0.39 is 11.7 Å². The fourth-order valence-corrected chi connectivity index (χ4v) is 4.63. The summed E-state index contributed by atoms with van der Waals surface area (Å²) in [5, 5.41) is 10.2. The first-order valence-electron chi connectivity index (χ1n) is 11.3. The third-order valence-corrected chi connectivity index (χ3v) is 6.42. The minimum Gasteiger partial charge on any atom is -0.469 e. The van der Waals surface area contributed by atoms with Crippen LogP contribution < -0.4 is 0 Å². The van der Waals surface area contributed by atoms with Gasteiger partial charge in [-0.3, -0.25) is 14.5 Å². The molecule has 0 saturated carbocycles. The predicted octanol–water partition coefficient (Wildman–Crippen LogP) is 2.22. The zero-order valence-corrected chi connectivity index (χ0v) is 19.6. The van der Waals surface area contributed by atoms with Crippen LogP contribution in [0.25, 0.3) is 0 Å². The van der Waals surface area contributed by atoms with Crippen LogP contribution in [-0.4, -0.2) is 85.6 Å². The van der Waals surface area contributed by atoms with Crippen LogP contribution in [0.3, 0.4) is 0 Å². The molecule has 1 aromatic rings. The first kappa shape index (κ1) is 24.6. The molecule has 8 nitrogen and oxygen atoms in total. The van der Waals surface area contributed by atoms with Crippen LogP contribution in [0.2, 0.25) is 0 Å². The van der Waals surface area contributed by atoms with Crippen molar-refractivity contribution in [3.63, 3.8) is 0 Å². The van der Waals surface area contributed by atoms with Crippen molar-refractivity contribution in [3.05, 3.63) is 35.4 Å². The highest BCUT2D eigenvalue weighted by molar-refractivity contribution is 5.94. The second-order valence-electron chi connectivity index (χ2n) is 9.24. The average Bonchev–Trinajstić information content (AvgIpc) is 2.78. The molecule has 178 valence electrons. The second-order valence-corrected chi connectivity index (χ2v) is 9.24. The smallest absolute Gasteiger partial charge is 0.308 e. The summed E-state index contributed by atoms with van der Waals surface area (Å²) < 4.78 is 16.5. The van der Waals surface area contributed by atoms with E-state index in [2.05, 4.69) is 4.90 Å². The summed E-state index contributed by atoms with van der Waals surface area (Å²) in [6.07, 6.45) is 0.802. The van der Waals surface area contributed by atoms with Crippen molar-refractivity contribution >= 4 is 11.9 Å². The Labute approximate surface area is 190 Å². The number of carbonyl (C=O) groups excluding carboxylic acids is 2. The van der Waals surface area contributed by atoms with Gasteiger partial charge in [0.1, 0.15) is 0 Å². The molecule has 1 amide bonds.